The third-order valence-corrected chi connectivity index (χ3v) is 2.80. The van der Waals surface area contributed by atoms with Crippen molar-refractivity contribution < 1.29 is 9.53 Å². The Balaban J connectivity index is 4.37. The van der Waals surface area contributed by atoms with Gasteiger partial charge in [-0.05, 0) is 25.8 Å². The molecule has 0 aromatic carbocycles. The minimum absolute atomic E-state index is 0.234. The predicted octanol–water partition coefficient (Wildman–Crippen LogP) is 2.79. The topological polar surface area (TPSA) is 87.1 Å². The van der Waals surface area contributed by atoms with Gasteiger partial charge in [0.15, 0.2) is 0 Å². The molecule has 0 aliphatic carbocycles. The lowest BCUT2D eigenvalue weighted by atomic mass is 9.94. The Kier molecular flexibility index (Phi) is 9.06. The highest BCUT2D eigenvalue weighted by molar-refractivity contribution is 5.80. The third kappa shape index (κ3) is 6.47. The van der Waals surface area contributed by atoms with Crippen LogP contribution in [-0.4, -0.2) is 31.2 Å². The number of carbonyl (C=O) groups excluding carboxylic acids is 1. The van der Waals surface area contributed by atoms with Gasteiger partial charge < -0.3 is 10.1 Å². The Morgan fingerprint density at radius 3 is 2.72 bits per heavy atom. The summed E-state index contributed by atoms with van der Waals surface area (Å²) in [6, 6.07) is 0. The van der Waals surface area contributed by atoms with Crippen molar-refractivity contribution in [3.8, 4) is 0 Å². The summed E-state index contributed by atoms with van der Waals surface area (Å²) in [4.78, 5) is 14.6. The molecule has 1 atom stereocenters. The van der Waals surface area contributed by atoms with E-state index in [-0.39, 0.29) is 5.97 Å². The third-order valence-electron chi connectivity index (χ3n) is 2.80. The molecule has 0 bridgehead atoms. The minimum atomic E-state index is -0.684. The smallest absolute Gasteiger partial charge is 0.326 e. The molecular formula is C12H24N4O2. The van der Waals surface area contributed by atoms with Crippen LogP contribution in [0.3, 0.4) is 0 Å². The molecule has 104 valence electrons. The monoisotopic (exact) mass is 256 g/mol. The van der Waals surface area contributed by atoms with E-state index in [2.05, 4.69) is 22.3 Å². The van der Waals surface area contributed by atoms with E-state index >= 15 is 0 Å². The summed E-state index contributed by atoms with van der Waals surface area (Å²) in [5.41, 5.74) is 7.52. The molecule has 0 aliphatic heterocycles. The van der Waals surface area contributed by atoms with Crippen LogP contribution >= 0.6 is 0 Å². The quantitative estimate of drug-likeness (QED) is 0.214. The van der Waals surface area contributed by atoms with Crippen molar-refractivity contribution in [3.63, 3.8) is 0 Å². The number of rotatable bonds is 10. The summed E-state index contributed by atoms with van der Waals surface area (Å²) in [5, 5.41) is 6.58. The number of hydrogen-bond donors (Lipinski definition) is 1. The molecule has 6 nitrogen and oxygen atoms in total. The lowest BCUT2D eigenvalue weighted by Gasteiger charge is -2.28. The maximum Gasteiger partial charge on any atom is 0.326 e. The Hall–Kier alpha value is -1.26. The second-order valence-electron chi connectivity index (χ2n) is 4.39. The van der Waals surface area contributed by atoms with Crippen molar-refractivity contribution in [1.29, 1.82) is 0 Å². The number of nitrogens with zero attached hydrogens (tertiary/aromatic N) is 3. The molecule has 1 unspecified atom stereocenters. The van der Waals surface area contributed by atoms with Crippen molar-refractivity contribution in [2.24, 2.45) is 5.11 Å². The summed E-state index contributed by atoms with van der Waals surface area (Å²) in [6.45, 7) is 6.95. The molecule has 0 aromatic heterocycles. The highest BCUT2D eigenvalue weighted by Crippen LogP contribution is 2.16. The number of hydrogen-bond acceptors (Lipinski definition) is 4. The van der Waals surface area contributed by atoms with Gasteiger partial charge in [0.25, 0.3) is 0 Å². The van der Waals surface area contributed by atoms with Gasteiger partial charge in [0.1, 0.15) is 5.54 Å². The second kappa shape index (κ2) is 9.74. The normalized spacial score (nSPS) is 13.5. The molecular weight excluding hydrogens is 232 g/mol. The summed E-state index contributed by atoms with van der Waals surface area (Å²) in [7, 11) is 0. The van der Waals surface area contributed by atoms with Crippen molar-refractivity contribution in [1.82, 2.24) is 5.32 Å². The van der Waals surface area contributed by atoms with Gasteiger partial charge in [-0.25, -0.2) is 0 Å². The summed E-state index contributed by atoms with van der Waals surface area (Å²) >= 11 is 0. The maximum absolute atomic E-state index is 11.9. The molecule has 0 aromatic rings. The van der Waals surface area contributed by atoms with Crippen LogP contribution in [0.4, 0.5) is 0 Å². The second-order valence-corrected chi connectivity index (χ2v) is 4.39. The molecule has 0 saturated carbocycles. The molecule has 18 heavy (non-hydrogen) atoms. The largest absolute Gasteiger partial charge is 0.465 e. The molecule has 0 saturated heterocycles. The number of unbranched alkanes of at least 4 members (excludes halogenated alkanes) is 2. The average molecular weight is 256 g/mol. The summed E-state index contributed by atoms with van der Waals surface area (Å²) in [5.74, 6) is -0.234. The summed E-state index contributed by atoms with van der Waals surface area (Å²) < 4.78 is 5.09. The van der Waals surface area contributed by atoms with Crippen LogP contribution in [0.15, 0.2) is 5.11 Å². The van der Waals surface area contributed by atoms with E-state index in [4.69, 9.17) is 10.3 Å². The van der Waals surface area contributed by atoms with E-state index < -0.39 is 5.54 Å². The van der Waals surface area contributed by atoms with Crippen molar-refractivity contribution >= 4 is 5.97 Å². The zero-order chi connectivity index (χ0) is 13.9. The molecule has 0 radical (unpaired) electrons. The first-order chi connectivity index (χ1) is 8.60. The molecule has 6 heteroatoms. The van der Waals surface area contributed by atoms with Crippen molar-refractivity contribution in [2.75, 3.05) is 19.7 Å². The number of nitrogens with one attached hydrogen (secondary N) is 1. The van der Waals surface area contributed by atoms with Gasteiger partial charge in [0, 0.05) is 18.0 Å². The summed E-state index contributed by atoms with van der Waals surface area (Å²) in [6.07, 6.45) is 3.90. The standard InChI is InChI=1S/C12H24N4O2/c1-4-6-7-8-12(3,11(17)18-5-2)14-9-10-15-16-13/h14H,4-10H2,1-3H3. The van der Waals surface area contributed by atoms with Crippen LogP contribution in [-0.2, 0) is 9.53 Å². The number of esters is 1. The van der Waals surface area contributed by atoms with Gasteiger partial charge >= 0.3 is 5.97 Å². The van der Waals surface area contributed by atoms with E-state index in [1.54, 1.807) is 6.92 Å². The van der Waals surface area contributed by atoms with Gasteiger partial charge in [0.05, 0.1) is 6.61 Å². The van der Waals surface area contributed by atoms with Crippen LogP contribution in [0.5, 0.6) is 0 Å². The molecule has 0 rings (SSSR count). The highest BCUT2D eigenvalue weighted by atomic mass is 16.5. The Morgan fingerprint density at radius 2 is 2.17 bits per heavy atom. The maximum atomic E-state index is 11.9. The molecule has 0 fully saturated rings. The van der Waals surface area contributed by atoms with Gasteiger partial charge in [-0.15, -0.1) is 0 Å². The molecule has 0 spiro atoms. The van der Waals surface area contributed by atoms with E-state index in [9.17, 15) is 4.79 Å². The van der Waals surface area contributed by atoms with Crippen molar-refractivity contribution in [2.45, 2.75) is 52.0 Å². The van der Waals surface area contributed by atoms with Gasteiger partial charge in [0.2, 0.25) is 0 Å². The van der Waals surface area contributed by atoms with E-state index in [1.807, 2.05) is 6.92 Å². The fraction of sp³-hybridized carbons (Fsp3) is 0.917. The van der Waals surface area contributed by atoms with E-state index in [1.165, 1.54) is 0 Å². The predicted molar refractivity (Wildman–Crippen MR) is 71.2 cm³/mol. The van der Waals surface area contributed by atoms with Gasteiger partial charge in [-0.3, -0.25) is 4.79 Å². The first-order valence-electron chi connectivity index (χ1n) is 6.53. The first kappa shape index (κ1) is 16.7. The fourth-order valence-corrected chi connectivity index (χ4v) is 1.71. The zero-order valence-corrected chi connectivity index (χ0v) is 11.6. The van der Waals surface area contributed by atoms with Gasteiger partial charge in [-0.1, -0.05) is 31.3 Å². The lowest BCUT2D eigenvalue weighted by molar-refractivity contribution is -0.150. The van der Waals surface area contributed by atoms with Crippen molar-refractivity contribution in [3.05, 3.63) is 10.4 Å². The van der Waals surface area contributed by atoms with Crippen LogP contribution in [0.2, 0.25) is 0 Å². The van der Waals surface area contributed by atoms with Crippen LogP contribution < -0.4 is 5.32 Å². The van der Waals surface area contributed by atoms with Crippen LogP contribution in [0.1, 0.15) is 46.5 Å². The molecule has 0 amide bonds. The van der Waals surface area contributed by atoms with E-state index in [0.717, 1.165) is 25.7 Å². The number of ether oxygens (including phenoxy) is 1. The highest BCUT2D eigenvalue weighted by Gasteiger charge is 2.33. The Labute approximate surface area is 109 Å². The van der Waals surface area contributed by atoms with Crippen LogP contribution in [0, 0.1) is 0 Å². The van der Waals surface area contributed by atoms with Gasteiger partial charge in [-0.2, -0.15) is 0 Å². The fourth-order valence-electron chi connectivity index (χ4n) is 1.71. The van der Waals surface area contributed by atoms with E-state index in [0.29, 0.717) is 19.7 Å². The Bertz CT molecular complexity index is 290. The zero-order valence-electron chi connectivity index (χ0n) is 11.6. The number of azide groups is 1. The SMILES string of the molecule is CCCCCC(C)(NCCN=[N+]=[N-])C(=O)OCC. The van der Waals surface area contributed by atoms with Crippen LogP contribution in [0.25, 0.3) is 10.4 Å². The average Bonchev–Trinajstić information content (AvgIpc) is 2.35. The first-order valence-corrected chi connectivity index (χ1v) is 6.53. The lowest BCUT2D eigenvalue weighted by Crippen LogP contribution is -2.51. The molecule has 0 aliphatic rings. The minimum Gasteiger partial charge on any atom is -0.465 e. The molecule has 0 heterocycles. The number of carbonyl (C=O) groups is 1. The molecule has 1 N–H and O–H groups in total. The Morgan fingerprint density at radius 1 is 1.44 bits per heavy atom.